The van der Waals surface area contributed by atoms with Gasteiger partial charge in [-0.05, 0) is 12.8 Å². The quantitative estimate of drug-likeness (QED) is 0.510. The third kappa shape index (κ3) is 4.78. The number of likely N-dealkylation sites (tertiary alicyclic amines) is 1. The predicted octanol–water partition coefficient (Wildman–Crippen LogP) is 1.47. The van der Waals surface area contributed by atoms with Crippen molar-refractivity contribution in [2.45, 2.75) is 57.6 Å². The van der Waals surface area contributed by atoms with E-state index in [0.29, 0.717) is 13.0 Å². The number of unbranched alkanes of at least 4 members (excludes halogenated alkanes) is 2. The number of nitrogens with zero attached hydrogens (tertiary/aromatic N) is 1. The molecule has 0 unspecified atom stereocenters. The summed E-state index contributed by atoms with van der Waals surface area (Å²) >= 11 is 0. The molecular weight excluding hydrogens is 230 g/mol. The first kappa shape index (κ1) is 15.2. The minimum absolute atomic E-state index is 0.00483. The van der Waals surface area contributed by atoms with Crippen molar-refractivity contribution >= 4 is 5.91 Å². The second-order valence-electron chi connectivity index (χ2n) is 4.86. The van der Waals surface area contributed by atoms with Crippen LogP contribution >= 0.6 is 0 Å². The van der Waals surface area contributed by atoms with Crippen molar-refractivity contribution in [3.05, 3.63) is 12.2 Å². The molecule has 0 aliphatic carbocycles. The van der Waals surface area contributed by atoms with Crippen molar-refractivity contribution in [2.24, 2.45) is 0 Å². The summed E-state index contributed by atoms with van der Waals surface area (Å²) in [7, 11) is 0. The standard InChI is InChI=1S/C14H25NO3/c1-2-3-4-5-13(17)8-6-12-7-9-14(18)15(12)10-11-16/h6,8,12-13,16-17H,2-5,7,9-11H2,1H3/b8-6+/t12-,13-/m0/s1. The first-order valence-electron chi connectivity index (χ1n) is 6.95. The normalized spacial score (nSPS) is 22.1. The zero-order valence-corrected chi connectivity index (χ0v) is 11.2. The Morgan fingerprint density at radius 3 is 2.94 bits per heavy atom. The predicted molar refractivity (Wildman–Crippen MR) is 71.1 cm³/mol. The summed E-state index contributed by atoms with van der Waals surface area (Å²) in [6.07, 6.45) is 8.74. The van der Waals surface area contributed by atoms with Crippen LogP contribution in [0.3, 0.4) is 0 Å². The Bertz CT molecular complexity index is 278. The van der Waals surface area contributed by atoms with E-state index in [4.69, 9.17) is 5.11 Å². The molecule has 1 rings (SSSR count). The molecule has 0 radical (unpaired) electrons. The molecule has 4 heteroatoms. The maximum Gasteiger partial charge on any atom is 0.223 e. The van der Waals surface area contributed by atoms with Gasteiger partial charge in [-0.1, -0.05) is 38.3 Å². The van der Waals surface area contributed by atoms with Crippen LogP contribution in [0.5, 0.6) is 0 Å². The zero-order chi connectivity index (χ0) is 13.4. The number of hydrogen-bond acceptors (Lipinski definition) is 3. The Morgan fingerprint density at radius 2 is 2.28 bits per heavy atom. The van der Waals surface area contributed by atoms with Crippen molar-refractivity contribution in [3.63, 3.8) is 0 Å². The Morgan fingerprint density at radius 1 is 1.50 bits per heavy atom. The summed E-state index contributed by atoms with van der Waals surface area (Å²) in [6, 6.07) is 0.0467. The lowest BCUT2D eigenvalue weighted by atomic mass is 10.1. The van der Waals surface area contributed by atoms with Crippen LogP contribution in [-0.2, 0) is 4.79 Å². The lowest BCUT2D eigenvalue weighted by molar-refractivity contribution is -0.128. The van der Waals surface area contributed by atoms with Crippen LogP contribution in [0, 0.1) is 0 Å². The zero-order valence-electron chi connectivity index (χ0n) is 11.2. The average molecular weight is 255 g/mol. The number of carbonyl (C=O) groups excluding carboxylic acids is 1. The summed E-state index contributed by atoms with van der Waals surface area (Å²) in [5, 5.41) is 18.7. The minimum Gasteiger partial charge on any atom is -0.395 e. The monoisotopic (exact) mass is 255 g/mol. The first-order chi connectivity index (χ1) is 8.69. The van der Waals surface area contributed by atoms with Gasteiger partial charge in [0.1, 0.15) is 0 Å². The van der Waals surface area contributed by atoms with Crippen LogP contribution < -0.4 is 0 Å². The van der Waals surface area contributed by atoms with Crippen LogP contribution in [-0.4, -0.2) is 46.3 Å². The summed E-state index contributed by atoms with van der Waals surface area (Å²) < 4.78 is 0. The molecule has 4 nitrogen and oxygen atoms in total. The van der Waals surface area contributed by atoms with Gasteiger partial charge < -0.3 is 15.1 Å². The van der Waals surface area contributed by atoms with E-state index >= 15 is 0 Å². The number of carbonyl (C=O) groups is 1. The van der Waals surface area contributed by atoms with Crippen LogP contribution in [0.1, 0.15) is 45.4 Å². The topological polar surface area (TPSA) is 60.8 Å². The lowest BCUT2D eigenvalue weighted by Gasteiger charge is -2.21. The van der Waals surface area contributed by atoms with Gasteiger partial charge in [0.2, 0.25) is 5.91 Å². The van der Waals surface area contributed by atoms with Crippen LogP contribution in [0.4, 0.5) is 0 Å². The number of hydrogen-bond donors (Lipinski definition) is 2. The molecule has 0 bridgehead atoms. The van der Waals surface area contributed by atoms with E-state index in [9.17, 15) is 9.90 Å². The highest BCUT2D eigenvalue weighted by Crippen LogP contribution is 2.19. The number of β-amino-alcohol motifs (C(OH)–C–C–N with tert-alkyl or cyclic N) is 1. The number of rotatable bonds is 8. The molecule has 0 aromatic carbocycles. The molecule has 0 aromatic rings. The van der Waals surface area contributed by atoms with Gasteiger partial charge in [-0.3, -0.25) is 4.79 Å². The van der Waals surface area contributed by atoms with Crippen molar-refractivity contribution < 1.29 is 15.0 Å². The molecule has 1 fully saturated rings. The third-order valence-corrected chi connectivity index (χ3v) is 3.37. The maximum absolute atomic E-state index is 11.5. The molecule has 2 atom stereocenters. The van der Waals surface area contributed by atoms with Crippen LogP contribution in [0.25, 0.3) is 0 Å². The van der Waals surface area contributed by atoms with Crippen molar-refractivity contribution in [2.75, 3.05) is 13.2 Å². The summed E-state index contributed by atoms with van der Waals surface area (Å²) in [4.78, 5) is 13.2. The second-order valence-corrected chi connectivity index (χ2v) is 4.86. The molecule has 1 amide bonds. The van der Waals surface area contributed by atoms with E-state index in [-0.39, 0.29) is 18.6 Å². The molecule has 1 heterocycles. The molecule has 0 saturated carbocycles. The molecule has 0 aromatic heterocycles. The fourth-order valence-electron chi connectivity index (χ4n) is 2.31. The number of aliphatic hydroxyl groups is 2. The van der Waals surface area contributed by atoms with Crippen molar-refractivity contribution in [1.82, 2.24) is 4.90 Å². The van der Waals surface area contributed by atoms with Gasteiger partial charge in [0.05, 0.1) is 18.8 Å². The van der Waals surface area contributed by atoms with E-state index in [2.05, 4.69) is 6.92 Å². The first-order valence-corrected chi connectivity index (χ1v) is 6.95. The average Bonchev–Trinajstić information content (AvgIpc) is 2.69. The minimum atomic E-state index is -0.414. The highest BCUT2D eigenvalue weighted by molar-refractivity contribution is 5.79. The highest BCUT2D eigenvalue weighted by atomic mass is 16.3. The smallest absolute Gasteiger partial charge is 0.223 e. The van der Waals surface area contributed by atoms with Gasteiger partial charge in [0.15, 0.2) is 0 Å². The Labute approximate surface area is 109 Å². The second kappa shape index (κ2) is 8.27. The van der Waals surface area contributed by atoms with Gasteiger partial charge in [-0.15, -0.1) is 0 Å². The molecular formula is C14H25NO3. The van der Waals surface area contributed by atoms with Crippen LogP contribution in [0.15, 0.2) is 12.2 Å². The molecule has 18 heavy (non-hydrogen) atoms. The molecule has 0 spiro atoms. The SMILES string of the molecule is CCCCC[C@H](O)/C=C/[C@H]1CCC(=O)N1CCO. The van der Waals surface area contributed by atoms with Gasteiger partial charge in [0.25, 0.3) is 0 Å². The molecule has 104 valence electrons. The fraction of sp³-hybridized carbons (Fsp3) is 0.786. The summed E-state index contributed by atoms with van der Waals surface area (Å²) in [6.45, 7) is 2.52. The van der Waals surface area contributed by atoms with E-state index in [0.717, 1.165) is 32.1 Å². The van der Waals surface area contributed by atoms with Gasteiger partial charge in [-0.25, -0.2) is 0 Å². The van der Waals surface area contributed by atoms with E-state index < -0.39 is 6.10 Å². The largest absolute Gasteiger partial charge is 0.395 e. The molecule has 1 aliphatic rings. The summed E-state index contributed by atoms with van der Waals surface area (Å²) in [5.74, 6) is 0.0965. The third-order valence-electron chi connectivity index (χ3n) is 3.37. The Hall–Kier alpha value is -0.870. The van der Waals surface area contributed by atoms with Gasteiger partial charge in [-0.2, -0.15) is 0 Å². The van der Waals surface area contributed by atoms with Gasteiger partial charge >= 0.3 is 0 Å². The number of amides is 1. The van der Waals surface area contributed by atoms with E-state index in [1.807, 2.05) is 6.08 Å². The van der Waals surface area contributed by atoms with Crippen LogP contribution in [0.2, 0.25) is 0 Å². The lowest BCUT2D eigenvalue weighted by Crippen LogP contribution is -2.34. The highest BCUT2D eigenvalue weighted by Gasteiger charge is 2.28. The maximum atomic E-state index is 11.5. The number of aliphatic hydroxyl groups excluding tert-OH is 2. The van der Waals surface area contributed by atoms with E-state index in [1.165, 1.54) is 0 Å². The van der Waals surface area contributed by atoms with Gasteiger partial charge in [0, 0.05) is 13.0 Å². The molecule has 1 aliphatic heterocycles. The molecule has 2 N–H and O–H groups in total. The fourth-order valence-corrected chi connectivity index (χ4v) is 2.31. The van der Waals surface area contributed by atoms with Crippen molar-refractivity contribution in [1.29, 1.82) is 0 Å². The Kier molecular flexibility index (Phi) is 6.98. The van der Waals surface area contributed by atoms with Crippen molar-refractivity contribution in [3.8, 4) is 0 Å². The van der Waals surface area contributed by atoms with E-state index in [1.54, 1.807) is 11.0 Å². The summed E-state index contributed by atoms with van der Waals surface area (Å²) in [5.41, 5.74) is 0. The Balaban J connectivity index is 2.37. The molecule has 1 saturated heterocycles.